The summed E-state index contributed by atoms with van der Waals surface area (Å²) in [5.41, 5.74) is 0.460. The van der Waals surface area contributed by atoms with E-state index in [0.29, 0.717) is 11.5 Å². The Kier molecular flexibility index (Phi) is 5.38. The van der Waals surface area contributed by atoms with Gasteiger partial charge < -0.3 is 4.74 Å². The van der Waals surface area contributed by atoms with Gasteiger partial charge in [0, 0.05) is 0 Å². The van der Waals surface area contributed by atoms with Crippen molar-refractivity contribution in [2.45, 2.75) is 43.6 Å². The van der Waals surface area contributed by atoms with Crippen molar-refractivity contribution in [1.82, 2.24) is 0 Å². The number of rotatable bonds is 5. The second-order valence-corrected chi connectivity index (χ2v) is 7.83. The number of hydrogen-bond acceptors (Lipinski definition) is 4. The summed E-state index contributed by atoms with van der Waals surface area (Å²) in [5, 5.41) is 8.72. The fourth-order valence-electron chi connectivity index (χ4n) is 2.71. The average molecular weight is 307 g/mol. The molecule has 1 saturated carbocycles. The lowest BCUT2D eigenvalue weighted by atomic mass is 9.89. The summed E-state index contributed by atoms with van der Waals surface area (Å²) >= 11 is 0. The van der Waals surface area contributed by atoms with Crippen LogP contribution in [0.1, 0.15) is 38.2 Å². The quantitative estimate of drug-likeness (QED) is 0.839. The molecule has 2 unspecified atom stereocenters. The maximum absolute atomic E-state index is 12.2. The number of nitrogens with zero attached hydrogens (tertiary/aromatic N) is 1. The minimum atomic E-state index is -3.33. The molecule has 114 valence electrons. The van der Waals surface area contributed by atoms with Crippen LogP contribution in [0.25, 0.3) is 0 Å². The number of ether oxygens (including phenoxy) is 1. The standard InChI is InChI=1S/C16H21NO3S/c1-13-3-2-4-15(11-13)20-9-10-21(18,19)16-7-5-14(12-17)6-8-16/h5-8,13,15H,2-4,9-11H2,1H3. The van der Waals surface area contributed by atoms with Crippen LogP contribution in [0.3, 0.4) is 0 Å². The van der Waals surface area contributed by atoms with Gasteiger partial charge in [0.1, 0.15) is 0 Å². The van der Waals surface area contributed by atoms with E-state index in [9.17, 15) is 8.42 Å². The number of benzene rings is 1. The minimum Gasteiger partial charge on any atom is -0.377 e. The Morgan fingerprint density at radius 3 is 2.62 bits per heavy atom. The van der Waals surface area contributed by atoms with Crippen LogP contribution < -0.4 is 0 Å². The largest absolute Gasteiger partial charge is 0.377 e. The summed E-state index contributed by atoms with van der Waals surface area (Å²) in [6.45, 7) is 2.45. The average Bonchev–Trinajstić information content (AvgIpc) is 2.47. The van der Waals surface area contributed by atoms with E-state index in [1.54, 1.807) is 0 Å². The third-order valence-electron chi connectivity index (χ3n) is 3.94. The van der Waals surface area contributed by atoms with Gasteiger partial charge in [0.25, 0.3) is 0 Å². The maximum Gasteiger partial charge on any atom is 0.180 e. The molecule has 0 amide bonds. The zero-order valence-electron chi connectivity index (χ0n) is 12.3. The number of sulfone groups is 1. The van der Waals surface area contributed by atoms with Crippen LogP contribution in [-0.4, -0.2) is 26.9 Å². The lowest BCUT2D eigenvalue weighted by Gasteiger charge is -2.26. The third kappa shape index (κ3) is 4.55. The summed E-state index contributed by atoms with van der Waals surface area (Å²) in [7, 11) is -3.33. The molecule has 2 rings (SSSR count). The molecule has 1 aromatic carbocycles. The van der Waals surface area contributed by atoms with Crippen LogP contribution in [-0.2, 0) is 14.6 Å². The van der Waals surface area contributed by atoms with Crippen molar-refractivity contribution < 1.29 is 13.2 Å². The first kappa shape index (κ1) is 16.0. The molecule has 0 radical (unpaired) electrons. The first-order valence-corrected chi connectivity index (χ1v) is 9.01. The highest BCUT2D eigenvalue weighted by Gasteiger charge is 2.21. The molecule has 0 N–H and O–H groups in total. The van der Waals surface area contributed by atoms with Crippen LogP contribution in [0.5, 0.6) is 0 Å². The Morgan fingerprint density at radius 2 is 2.00 bits per heavy atom. The summed E-state index contributed by atoms with van der Waals surface area (Å²) in [5.74, 6) is 0.655. The van der Waals surface area contributed by atoms with Crippen LogP contribution in [0.15, 0.2) is 29.2 Å². The van der Waals surface area contributed by atoms with Gasteiger partial charge in [0.15, 0.2) is 9.84 Å². The molecule has 0 bridgehead atoms. The molecular formula is C16H21NO3S. The monoisotopic (exact) mass is 307 g/mol. The topological polar surface area (TPSA) is 67.2 Å². The molecular weight excluding hydrogens is 286 g/mol. The smallest absolute Gasteiger partial charge is 0.180 e. The van der Waals surface area contributed by atoms with Gasteiger partial charge in [-0.25, -0.2) is 8.42 Å². The molecule has 1 aliphatic carbocycles. The van der Waals surface area contributed by atoms with E-state index in [0.717, 1.165) is 19.3 Å². The molecule has 4 nitrogen and oxygen atoms in total. The summed E-state index contributed by atoms with van der Waals surface area (Å²) in [4.78, 5) is 0.252. The normalized spacial score (nSPS) is 22.7. The van der Waals surface area contributed by atoms with E-state index >= 15 is 0 Å². The molecule has 2 atom stereocenters. The van der Waals surface area contributed by atoms with E-state index < -0.39 is 9.84 Å². The highest BCUT2D eigenvalue weighted by atomic mass is 32.2. The molecule has 0 aromatic heterocycles. The third-order valence-corrected chi connectivity index (χ3v) is 5.63. The first-order valence-electron chi connectivity index (χ1n) is 7.36. The SMILES string of the molecule is CC1CCCC(OCCS(=O)(=O)c2ccc(C#N)cc2)C1. The fraction of sp³-hybridized carbons (Fsp3) is 0.562. The van der Waals surface area contributed by atoms with Crippen molar-refractivity contribution >= 4 is 9.84 Å². The van der Waals surface area contributed by atoms with E-state index in [1.165, 1.54) is 30.7 Å². The molecule has 0 saturated heterocycles. The number of hydrogen-bond donors (Lipinski definition) is 0. The Balaban J connectivity index is 1.87. The lowest BCUT2D eigenvalue weighted by Crippen LogP contribution is -2.24. The van der Waals surface area contributed by atoms with Gasteiger partial charge in [-0.1, -0.05) is 19.8 Å². The van der Waals surface area contributed by atoms with Crippen molar-refractivity contribution in [1.29, 1.82) is 5.26 Å². The zero-order valence-corrected chi connectivity index (χ0v) is 13.1. The van der Waals surface area contributed by atoms with Gasteiger partial charge in [-0.15, -0.1) is 0 Å². The van der Waals surface area contributed by atoms with Crippen molar-refractivity contribution in [3.63, 3.8) is 0 Å². The van der Waals surface area contributed by atoms with Crippen LogP contribution in [0.2, 0.25) is 0 Å². The lowest BCUT2D eigenvalue weighted by molar-refractivity contribution is 0.0242. The van der Waals surface area contributed by atoms with Crippen molar-refractivity contribution in [3.05, 3.63) is 29.8 Å². The predicted octanol–water partition coefficient (Wildman–Crippen LogP) is 2.93. The van der Waals surface area contributed by atoms with Gasteiger partial charge in [-0.05, 0) is 43.0 Å². The van der Waals surface area contributed by atoms with E-state index in [1.807, 2.05) is 6.07 Å². The van der Waals surface area contributed by atoms with Gasteiger partial charge in [-0.2, -0.15) is 5.26 Å². The molecule has 21 heavy (non-hydrogen) atoms. The molecule has 1 aliphatic rings. The zero-order chi connectivity index (χ0) is 15.3. The Bertz CT molecular complexity index is 601. The van der Waals surface area contributed by atoms with Crippen molar-refractivity contribution in [2.24, 2.45) is 5.92 Å². The van der Waals surface area contributed by atoms with Gasteiger partial charge in [0.2, 0.25) is 0 Å². The summed E-state index contributed by atoms with van der Waals surface area (Å²) < 4.78 is 30.1. The van der Waals surface area contributed by atoms with Crippen molar-refractivity contribution in [2.75, 3.05) is 12.4 Å². The first-order chi connectivity index (χ1) is 10.0. The van der Waals surface area contributed by atoms with E-state index in [-0.39, 0.29) is 23.4 Å². The predicted molar refractivity (Wildman–Crippen MR) is 80.6 cm³/mol. The highest BCUT2D eigenvalue weighted by molar-refractivity contribution is 7.91. The summed E-state index contributed by atoms with van der Waals surface area (Å²) in [6, 6.07) is 7.99. The second kappa shape index (κ2) is 7.06. The van der Waals surface area contributed by atoms with Gasteiger partial charge in [-0.3, -0.25) is 0 Å². The summed E-state index contributed by atoms with van der Waals surface area (Å²) in [6.07, 6.45) is 4.65. The van der Waals surface area contributed by atoms with Crippen LogP contribution in [0, 0.1) is 17.2 Å². The molecule has 5 heteroatoms. The molecule has 0 aliphatic heterocycles. The Hall–Kier alpha value is -1.38. The van der Waals surface area contributed by atoms with Crippen molar-refractivity contribution in [3.8, 4) is 6.07 Å². The molecule has 0 heterocycles. The minimum absolute atomic E-state index is 0.0101. The second-order valence-electron chi connectivity index (χ2n) is 5.72. The van der Waals surface area contributed by atoms with Crippen LogP contribution in [0.4, 0.5) is 0 Å². The van der Waals surface area contributed by atoms with E-state index in [2.05, 4.69) is 6.92 Å². The molecule has 1 fully saturated rings. The van der Waals surface area contributed by atoms with E-state index in [4.69, 9.17) is 10.00 Å². The molecule has 0 spiro atoms. The Morgan fingerprint density at radius 1 is 1.29 bits per heavy atom. The maximum atomic E-state index is 12.2. The van der Waals surface area contributed by atoms with Crippen LogP contribution >= 0.6 is 0 Å². The fourth-order valence-corrected chi connectivity index (χ4v) is 3.81. The number of nitriles is 1. The van der Waals surface area contributed by atoms with Gasteiger partial charge >= 0.3 is 0 Å². The molecule has 1 aromatic rings. The highest BCUT2D eigenvalue weighted by Crippen LogP contribution is 2.25. The van der Waals surface area contributed by atoms with Gasteiger partial charge in [0.05, 0.1) is 35.0 Å². The Labute approximate surface area is 126 Å².